The van der Waals surface area contributed by atoms with Gasteiger partial charge in [-0.05, 0) is 85.8 Å². The van der Waals surface area contributed by atoms with E-state index in [1.807, 2.05) is 19.9 Å². The number of carbonyl (C=O) groups is 2. The molecule has 1 N–H and O–H groups in total. The number of anilines is 1. The van der Waals surface area contributed by atoms with Crippen molar-refractivity contribution < 1.29 is 18.0 Å². The van der Waals surface area contributed by atoms with E-state index in [2.05, 4.69) is 5.32 Å². The second kappa shape index (κ2) is 13.7. The zero-order valence-corrected chi connectivity index (χ0v) is 25.6. The minimum absolute atomic E-state index is 0.00600. The monoisotopic (exact) mass is 615 g/mol. The maximum atomic E-state index is 14.1. The fourth-order valence-electron chi connectivity index (χ4n) is 5.12. The predicted octanol–water partition coefficient (Wildman–Crippen LogP) is 6.36. The molecule has 0 aliphatic heterocycles. The molecule has 2 amide bonds. The maximum Gasteiger partial charge on any atom is 0.264 e. The highest BCUT2D eigenvalue weighted by Crippen LogP contribution is 2.27. The molecule has 3 aromatic carbocycles. The highest BCUT2D eigenvalue weighted by Gasteiger charge is 2.34. The first-order valence-electron chi connectivity index (χ1n) is 13.8. The maximum absolute atomic E-state index is 14.1. The molecule has 7 nitrogen and oxygen atoms in total. The second-order valence-corrected chi connectivity index (χ2v) is 13.1. The van der Waals surface area contributed by atoms with Crippen LogP contribution in [0.25, 0.3) is 0 Å². The fourth-order valence-corrected chi connectivity index (χ4v) is 6.78. The van der Waals surface area contributed by atoms with E-state index >= 15 is 0 Å². The first kappa shape index (κ1) is 30.9. The van der Waals surface area contributed by atoms with Gasteiger partial charge in [-0.15, -0.1) is 0 Å². The van der Waals surface area contributed by atoms with Gasteiger partial charge in [0, 0.05) is 22.6 Å². The quantitative estimate of drug-likeness (QED) is 0.272. The van der Waals surface area contributed by atoms with Gasteiger partial charge in [0.15, 0.2) is 0 Å². The van der Waals surface area contributed by atoms with Crippen molar-refractivity contribution in [2.75, 3.05) is 10.8 Å². The van der Waals surface area contributed by atoms with Crippen molar-refractivity contribution in [3.8, 4) is 0 Å². The molecule has 0 saturated heterocycles. The first-order chi connectivity index (χ1) is 19.6. The minimum atomic E-state index is -4.16. The molecular weight excluding hydrogens is 581 g/mol. The number of rotatable bonds is 11. The largest absolute Gasteiger partial charge is 0.352 e. The molecule has 0 radical (unpaired) electrons. The lowest BCUT2D eigenvalue weighted by Crippen LogP contribution is -2.53. The minimum Gasteiger partial charge on any atom is -0.352 e. The number of halogens is 2. The van der Waals surface area contributed by atoms with Crippen LogP contribution in [0.4, 0.5) is 5.69 Å². The third kappa shape index (κ3) is 7.82. The molecule has 0 bridgehead atoms. The topological polar surface area (TPSA) is 86.8 Å². The summed E-state index contributed by atoms with van der Waals surface area (Å²) in [6.45, 7) is 3.33. The average molecular weight is 617 g/mol. The van der Waals surface area contributed by atoms with Crippen molar-refractivity contribution >= 4 is 50.7 Å². The van der Waals surface area contributed by atoms with Gasteiger partial charge in [-0.25, -0.2) is 8.42 Å². The van der Waals surface area contributed by atoms with Gasteiger partial charge >= 0.3 is 0 Å². The summed E-state index contributed by atoms with van der Waals surface area (Å²) in [5.74, 6) is -0.725. The number of nitrogens with one attached hydrogen (secondary N) is 1. The molecule has 1 aliphatic rings. The molecule has 218 valence electrons. The number of aryl methyl sites for hydroxylation is 1. The van der Waals surface area contributed by atoms with Crippen LogP contribution >= 0.6 is 23.2 Å². The van der Waals surface area contributed by atoms with Gasteiger partial charge in [0.1, 0.15) is 12.6 Å². The molecule has 1 atom stereocenters. The van der Waals surface area contributed by atoms with E-state index in [-0.39, 0.29) is 23.4 Å². The lowest BCUT2D eigenvalue weighted by Gasteiger charge is -2.34. The number of nitrogens with zero attached hydrogens (tertiary/aromatic N) is 2. The van der Waals surface area contributed by atoms with E-state index in [0.717, 1.165) is 41.1 Å². The van der Waals surface area contributed by atoms with Crippen LogP contribution in [0, 0.1) is 6.92 Å². The van der Waals surface area contributed by atoms with Crippen LogP contribution in [-0.2, 0) is 26.2 Å². The second-order valence-electron chi connectivity index (χ2n) is 10.4. The van der Waals surface area contributed by atoms with E-state index in [9.17, 15) is 18.0 Å². The average Bonchev–Trinajstić information content (AvgIpc) is 3.45. The SMILES string of the molecule is CCC(C(=O)NC1CCCC1)N(Cc1ccc(Cl)cc1)C(=O)CN(c1cccc(C)c1)S(=O)(=O)c1ccc(Cl)cc1. The summed E-state index contributed by atoms with van der Waals surface area (Å²) >= 11 is 12.1. The number of sulfonamides is 1. The van der Waals surface area contributed by atoms with Crippen LogP contribution in [0.2, 0.25) is 10.0 Å². The van der Waals surface area contributed by atoms with Crippen molar-refractivity contribution in [3.05, 3.63) is 94.0 Å². The van der Waals surface area contributed by atoms with E-state index in [0.29, 0.717) is 22.2 Å². The standard InChI is InChI=1S/C31H35Cl2N3O4S/c1-3-29(31(38)34-26-8-4-5-9-26)35(20-23-11-13-24(32)14-12-23)30(37)21-36(27-10-6-7-22(2)19-27)41(39,40)28-17-15-25(33)16-18-28/h6-7,10-19,26,29H,3-5,8-9,20-21H2,1-2H3,(H,34,38). The van der Waals surface area contributed by atoms with Gasteiger partial charge < -0.3 is 10.2 Å². The van der Waals surface area contributed by atoms with Crippen molar-refractivity contribution in [3.63, 3.8) is 0 Å². The summed E-state index contributed by atoms with van der Waals surface area (Å²) in [5.41, 5.74) is 1.97. The van der Waals surface area contributed by atoms with E-state index < -0.39 is 28.5 Å². The number of benzene rings is 3. The van der Waals surface area contributed by atoms with Crippen molar-refractivity contribution in [2.45, 2.75) is 69.5 Å². The molecule has 4 rings (SSSR count). The zero-order valence-electron chi connectivity index (χ0n) is 23.2. The Bertz CT molecular complexity index is 1460. The Labute approximate surface area is 252 Å². The smallest absolute Gasteiger partial charge is 0.264 e. The molecule has 41 heavy (non-hydrogen) atoms. The molecular formula is C31H35Cl2N3O4S. The fraction of sp³-hybridized carbons (Fsp3) is 0.355. The third-order valence-corrected chi connectivity index (χ3v) is 9.62. The van der Waals surface area contributed by atoms with Crippen molar-refractivity contribution in [1.82, 2.24) is 10.2 Å². The number of hydrogen-bond donors (Lipinski definition) is 1. The van der Waals surface area contributed by atoms with Gasteiger partial charge in [-0.2, -0.15) is 0 Å². The summed E-state index contributed by atoms with van der Waals surface area (Å²) in [6, 6.07) is 19.1. The summed E-state index contributed by atoms with van der Waals surface area (Å²) < 4.78 is 29.0. The van der Waals surface area contributed by atoms with Crippen LogP contribution in [-0.4, -0.2) is 43.8 Å². The molecule has 0 heterocycles. The molecule has 10 heteroatoms. The third-order valence-electron chi connectivity index (χ3n) is 7.32. The Morgan fingerprint density at radius 2 is 1.56 bits per heavy atom. The Morgan fingerprint density at radius 3 is 2.15 bits per heavy atom. The highest BCUT2D eigenvalue weighted by atomic mass is 35.5. The lowest BCUT2D eigenvalue weighted by atomic mass is 10.1. The van der Waals surface area contributed by atoms with E-state index in [4.69, 9.17) is 23.2 Å². The van der Waals surface area contributed by atoms with Gasteiger partial charge in [-0.3, -0.25) is 13.9 Å². The molecule has 1 fully saturated rings. The number of carbonyl (C=O) groups excluding carboxylic acids is 2. The van der Waals surface area contributed by atoms with Crippen molar-refractivity contribution in [2.24, 2.45) is 0 Å². The molecule has 1 saturated carbocycles. The van der Waals surface area contributed by atoms with Crippen LogP contribution in [0.15, 0.2) is 77.7 Å². The predicted molar refractivity (Wildman–Crippen MR) is 164 cm³/mol. The van der Waals surface area contributed by atoms with Gasteiger partial charge in [-0.1, -0.05) is 67.2 Å². The molecule has 1 unspecified atom stereocenters. The molecule has 3 aromatic rings. The van der Waals surface area contributed by atoms with Crippen LogP contribution in [0.1, 0.15) is 50.2 Å². The Hall–Kier alpha value is -3.07. The van der Waals surface area contributed by atoms with Crippen LogP contribution in [0.5, 0.6) is 0 Å². The van der Waals surface area contributed by atoms with Crippen molar-refractivity contribution in [1.29, 1.82) is 0 Å². The Kier molecular flexibility index (Phi) is 10.3. The Morgan fingerprint density at radius 1 is 0.951 bits per heavy atom. The van der Waals surface area contributed by atoms with Gasteiger partial charge in [0.2, 0.25) is 11.8 Å². The first-order valence-corrected chi connectivity index (χ1v) is 16.0. The normalized spacial score (nSPS) is 14.4. The van der Waals surface area contributed by atoms with Gasteiger partial charge in [0.05, 0.1) is 10.6 Å². The Balaban J connectivity index is 1.71. The number of amides is 2. The summed E-state index contributed by atoms with van der Waals surface area (Å²) in [6.07, 6.45) is 4.31. The summed E-state index contributed by atoms with van der Waals surface area (Å²) in [7, 11) is -4.16. The highest BCUT2D eigenvalue weighted by molar-refractivity contribution is 7.92. The van der Waals surface area contributed by atoms with Crippen LogP contribution < -0.4 is 9.62 Å². The summed E-state index contributed by atoms with van der Waals surface area (Å²) in [5, 5.41) is 4.07. The molecule has 0 aromatic heterocycles. The summed E-state index contributed by atoms with van der Waals surface area (Å²) in [4.78, 5) is 29.1. The van der Waals surface area contributed by atoms with Crippen LogP contribution in [0.3, 0.4) is 0 Å². The van der Waals surface area contributed by atoms with E-state index in [1.54, 1.807) is 42.5 Å². The van der Waals surface area contributed by atoms with E-state index in [1.165, 1.54) is 29.2 Å². The molecule has 0 spiro atoms. The lowest BCUT2D eigenvalue weighted by molar-refractivity contribution is -0.140. The van der Waals surface area contributed by atoms with Gasteiger partial charge in [0.25, 0.3) is 10.0 Å². The number of hydrogen-bond acceptors (Lipinski definition) is 4. The zero-order chi connectivity index (χ0) is 29.6. The molecule has 1 aliphatic carbocycles.